The van der Waals surface area contributed by atoms with E-state index >= 15 is 0 Å². The van der Waals surface area contributed by atoms with Gasteiger partial charge in [-0.2, -0.15) is 0 Å². The van der Waals surface area contributed by atoms with E-state index in [9.17, 15) is 9.59 Å². The molecule has 0 saturated carbocycles. The number of allylic oxidation sites excluding steroid dienone is 2. The van der Waals surface area contributed by atoms with Crippen molar-refractivity contribution >= 4 is 17.5 Å². The quantitative estimate of drug-likeness (QED) is 0.325. The molecule has 40 heavy (non-hydrogen) atoms. The molecule has 2 aliphatic rings. The van der Waals surface area contributed by atoms with Gasteiger partial charge in [-0.1, -0.05) is 48.5 Å². The zero-order chi connectivity index (χ0) is 28.2. The van der Waals surface area contributed by atoms with Crippen LogP contribution in [-0.2, 0) is 20.9 Å². The Hall–Kier alpha value is -4.39. The Balaban J connectivity index is 1.55. The molecular formula is C33H33NO6. The van der Waals surface area contributed by atoms with E-state index in [0.717, 1.165) is 22.4 Å². The monoisotopic (exact) mass is 539 g/mol. The van der Waals surface area contributed by atoms with Gasteiger partial charge in [0.2, 0.25) is 0 Å². The molecule has 7 heteroatoms. The van der Waals surface area contributed by atoms with Gasteiger partial charge in [-0.25, -0.2) is 0 Å². The molecule has 0 amide bonds. The van der Waals surface area contributed by atoms with Crippen LogP contribution in [0.3, 0.4) is 0 Å². The minimum Gasteiger partial charge on any atom is -0.497 e. The molecule has 206 valence electrons. The summed E-state index contributed by atoms with van der Waals surface area (Å²) in [5.74, 6) is 0.0824. The van der Waals surface area contributed by atoms with Crippen LogP contribution >= 0.6 is 0 Å². The van der Waals surface area contributed by atoms with Crippen LogP contribution in [0.15, 0.2) is 89.1 Å². The molecule has 0 saturated heterocycles. The van der Waals surface area contributed by atoms with E-state index in [4.69, 9.17) is 23.9 Å². The Morgan fingerprint density at radius 3 is 2.25 bits per heavy atom. The lowest BCUT2D eigenvalue weighted by Crippen LogP contribution is -2.38. The highest BCUT2D eigenvalue weighted by molar-refractivity contribution is 6.09. The highest BCUT2D eigenvalue weighted by Crippen LogP contribution is 2.49. The maximum atomic E-state index is 13.9. The number of benzene rings is 3. The summed E-state index contributed by atoms with van der Waals surface area (Å²) in [7, 11) is 4.79. The van der Waals surface area contributed by atoms with Crippen LogP contribution < -0.4 is 14.2 Å². The Morgan fingerprint density at radius 2 is 1.57 bits per heavy atom. The summed E-state index contributed by atoms with van der Waals surface area (Å²) in [6.07, 6.45) is 0.909. The fourth-order valence-corrected chi connectivity index (χ4v) is 5.71. The van der Waals surface area contributed by atoms with Gasteiger partial charge in [-0.05, 0) is 48.6 Å². The van der Waals surface area contributed by atoms with E-state index in [1.165, 1.54) is 0 Å². The Morgan fingerprint density at radius 1 is 0.875 bits per heavy atom. The zero-order valence-corrected chi connectivity index (χ0v) is 23.2. The highest BCUT2D eigenvalue weighted by atomic mass is 16.5. The number of ketones is 1. The van der Waals surface area contributed by atoms with Crippen LogP contribution in [0.1, 0.15) is 48.3 Å². The van der Waals surface area contributed by atoms with E-state index in [1.54, 1.807) is 27.4 Å². The van der Waals surface area contributed by atoms with Gasteiger partial charge >= 0.3 is 5.97 Å². The van der Waals surface area contributed by atoms with Gasteiger partial charge in [-0.15, -0.1) is 0 Å². The van der Waals surface area contributed by atoms with Crippen LogP contribution in [0.25, 0.3) is 0 Å². The Labute approximate surface area is 234 Å². The van der Waals surface area contributed by atoms with Crippen molar-refractivity contribution in [1.82, 2.24) is 0 Å². The largest absolute Gasteiger partial charge is 0.497 e. The number of carbonyl (C=O) groups is 2. The highest BCUT2D eigenvalue weighted by Gasteiger charge is 2.45. The van der Waals surface area contributed by atoms with Crippen molar-refractivity contribution in [3.05, 3.63) is 101 Å². The van der Waals surface area contributed by atoms with Gasteiger partial charge in [0, 0.05) is 41.0 Å². The summed E-state index contributed by atoms with van der Waals surface area (Å²) in [5, 5.41) is 0. The maximum absolute atomic E-state index is 13.9. The zero-order valence-electron chi connectivity index (χ0n) is 23.2. The summed E-state index contributed by atoms with van der Waals surface area (Å²) in [6, 6.07) is 22.8. The minimum atomic E-state index is -0.772. The molecule has 0 radical (unpaired) electrons. The standard InChI is InChI=1S/C33H33NO6/c1-20-30(33(36)40-19-21-8-6-5-7-9-21)31(26-15-14-25(38-3)18-29(26)39-4)32-27(34-20)16-23(17-28(32)35)22-10-12-24(37-2)13-11-22/h5-15,18,23,30-31H,16-17,19H2,1-4H3/t23-,30?,31+/m1/s1. The average Bonchev–Trinajstić information content (AvgIpc) is 2.99. The van der Waals surface area contributed by atoms with Gasteiger partial charge in [-0.3, -0.25) is 14.6 Å². The van der Waals surface area contributed by atoms with Gasteiger partial charge in [0.15, 0.2) is 5.78 Å². The van der Waals surface area contributed by atoms with Gasteiger partial charge < -0.3 is 18.9 Å². The molecule has 1 unspecified atom stereocenters. The van der Waals surface area contributed by atoms with Crippen LogP contribution in [-0.4, -0.2) is 38.8 Å². The lowest BCUT2D eigenvalue weighted by molar-refractivity contribution is -0.148. The summed E-state index contributed by atoms with van der Waals surface area (Å²) >= 11 is 0. The first kappa shape index (κ1) is 27.2. The Kier molecular flexibility index (Phi) is 8.01. The number of carbonyl (C=O) groups excluding carboxylic acids is 2. The number of aliphatic imine (C=N–C) groups is 1. The third kappa shape index (κ3) is 5.37. The molecule has 3 aromatic rings. The second-order valence-corrected chi connectivity index (χ2v) is 10.1. The van der Waals surface area contributed by atoms with Crippen molar-refractivity contribution in [1.29, 1.82) is 0 Å². The number of Topliss-reactive ketones (excluding diaryl/α,β-unsaturated/α-hetero) is 1. The number of hydrogen-bond donors (Lipinski definition) is 0. The molecule has 1 aliphatic heterocycles. The van der Waals surface area contributed by atoms with Crippen molar-refractivity contribution in [2.75, 3.05) is 21.3 Å². The third-order valence-electron chi connectivity index (χ3n) is 7.73. The fourth-order valence-electron chi connectivity index (χ4n) is 5.71. The summed E-state index contributed by atoms with van der Waals surface area (Å²) in [4.78, 5) is 32.5. The predicted molar refractivity (Wildman–Crippen MR) is 152 cm³/mol. The lowest BCUT2D eigenvalue weighted by Gasteiger charge is -2.37. The summed E-state index contributed by atoms with van der Waals surface area (Å²) < 4.78 is 22.3. The number of methoxy groups -OCH3 is 3. The van der Waals surface area contributed by atoms with Gasteiger partial charge in [0.25, 0.3) is 0 Å². The number of rotatable bonds is 8. The number of hydrogen-bond acceptors (Lipinski definition) is 7. The minimum absolute atomic E-state index is 0.0197. The van der Waals surface area contributed by atoms with E-state index < -0.39 is 17.8 Å². The van der Waals surface area contributed by atoms with E-state index in [-0.39, 0.29) is 18.3 Å². The molecule has 3 atom stereocenters. The summed E-state index contributed by atoms with van der Waals surface area (Å²) in [6.45, 7) is 1.97. The van der Waals surface area contributed by atoms with Crippen molar-refractivity contribution in [3.8, 4) is 17.2 Å². The van der Waals surface area contributed by atoms with E-state index in [0.29, 0.717) is 41.3 Å². The smallest absolute Gasteiger partial charge is 0.315 e. The SMILES string of the molecule is COc1ccc([C@H]2CC(=O)C3=C(C2)N=C(C)C(C(=O)OCc2ccccc2)[C@@H]3c2ccc(OC)cc2OC)cc1. The van der Waals surface area contributed by atoms with Crippen LogP contribution in [0.2, 0.25) is 0 Å². The lowest BCUT2D eigenvalue weighted by atomic mass is 9.69. The molecular weight excluding hydrogens is 506 g/mol. The average molecular weight is 540 g/mol. The maximum Gasteiger partial charge on any atom is 0.315 e. The predicted octanol–water partition coefficient (Wildman–Crippen LogP) is 6.03. The van der Waals surface area contributed by atoms with E-state index in [2.05, 4.69) is 0 Å². The molecule has 7 nitrogen and oxygen atoms in total. The van der Waals surface area contributed by atoms with Gasteiger partial charge in [0.05, 0.1) is 21.3 Å². The number of ether oxygens (including phenoxy) is 4. The first-order valence-electron chi connectivity index (χ1n) is 13.3. The molecule has 0 spiro atoms. The first-order chi connectivity index (χ1) is 19.4. The van der Waals surface area contributed by atoms with Crippen LogP contribution in [0, 0.1) is 5.92 Å². The second kappa shape index (κ2) is 11.8. The van der Waals surface area contributed by atoms with Crippen molar-refractivity contribution < 1.29 is 28.5 Å². The van der Waals surface area contributed by atoms with Crippen molar-refractivity contribution in [2.24, 2.45) is 10.9 Å². The normalized spacial score (nSPS) is 20.4. The molecule has 3 aromatic carbocycles. The molecule has 0 fully saturated rings. The molecule has 1 aliphatic carbocycles. The number of nitrogens with zero attached hydrogens (tertiary/aromatic N) is 1. The van der Waals surface area contributed by atoms with Crippen molar-refractivity contribution in [2.45, 2.75) is 38.2 Å². The Bertz CT molecular complexity index is 1460. The topological polar surface area (TPSA) is 83.4 Å². The summed E-state index contributed by atoms with van der Waals surface area (Å²) in [5.41, 5.74) is 4.54. The molecule has 0 N–H and O–H groups in total. The van der Waals surface area contributed by atoms with E-state index in [1.807, 2.05) is 73.7 Å². The van der Waals surface area contributed by atoms with Crippen molar-refractivity contribution in [3.63, 3.8) is 0 Å². The van der Waals surface area contributed by atoms with Crippen LogP contribution in [0.4, 0.5) is 0 Å². The number of esters is 1. The third-order valence-corrected chi connectivity index (χ3v) is 7.73. The van der Waals surface area contributed by atoms with Crippen LogP contribution in [0.5, 0.6) is 17.2 Å². The van der Waals surface area contributed by atoms with Gasteiger partial charge in [0.1, 0.15) is 29.8 Å². The molecule has 0 aromatic heterocycles. The second-order valence-electron chi connectivity index (χ2n) is 10.1. The molecule has 1 heterocycles. The fraction of sp³-hybridized carbons (Fsp3) is 0.303. The molecule has 5 rings (SSSR count). The first-order valence-corrected chi connectivity index (χ1v) is 13.3. The molecule has 0 bridgehead atoms.